The Kier molecular flexibility index (Phi) is 8.45. The Hall–Kier alpha value is -3.26. The molecule has 214 valence electrons. The van der Waals surface area contributed by atoms with Gasteiger partial charge in [-0.15, -0.1) is 0 Å². The Bertz CT molecular complexity index is 1290. The second-order valence-corrected chi connectivity index (χ2v) is 11.6. The number of nitrogens with one attached hydrogen (secondary N) is 2. The van der Waals surface area contributed by atoms with Crippen molar-refractivity contribution in [3.63, 3.8) is 0 Å². The van der Waals surface area contributed by atoms with E-state index in [9.17, 15) is 26.4 Å². The van der Waals surface area contributed by atoms with Crippen LogP contribution in [-0.2, 0) is 10.0 Å². The molecule has 4 rings (SSSR count). The molecular formula is C25H31F3N4O6S. The number of sulfonamides is 1. The van der Waals surface area contributed by atoms with Gasteiger partial charge in [0.25, 0.3) is 11.8 Å². The summed E-state index contributed by atoms with van der Waals surface area (Å²) in [4.78, 5) is 19.5. The molecule has 1 saturated heterocycles. The summed E-state index contributed by atoms with van der Waals surface area (Å²) in [5, 5.41) is 11.7. The molecule has 0 radical (unpaired) electrons. The minimum absolute atomic E-state index is 0.0389. The molecule has 2 heterocycles. The standard InChI is InChI=1S/C25H31F3N4O6S/c1-37-20-4-5-21(30-23(20)38-14-10-25(26,27)28)29-22(34)18-3-2-17(31-39(35,36)15-13-33)16-19(18)32-11-8-24(6-7-24)9-12-32/h2-5,16,31,33H,6-15H2,1H3,(H,29,30,34). The van der Waals surface area contributed by atoms with E-state index in [-0.39, 0.29) is 28.7 Å². The number of pyridine rings is 1. The van der Waals surface area contributed by atoms with Crippen LogP contribution in [0.2, 0.25) is 0 Å². The van der Waals surface area contributed by atoms with E-state index in [0.29, 0.717) is 24.2 Å². The summed E-state index contributed by atoms with van der Waals surface area (Å²) < 4.78 is 74.7. The molecule has 1 aliphatic heterocycles. The van der Waals surface area contributed by atoms with Crippen molar-refractivity contribution >= 4 is 33.1 Å². The first-order valence-electron chi connectivity index (χ1n) is 12.5. The van der Waals surface area contributed by atoms with Crippen LogP contribution in [0.25, 0.3) is 0 Å². The van der Waals surface area contributed by atoms with Crippen molar-refractivity contribution in [2.45, 2.75) is 38.3 Å². The summed E-state index contributed by atoms with van der Waals surface area (Å²) in [6.45, 7) is 0.197. The summed E-state index contributed by atoms with van der Waals surface area (Å²) in [6, 6.07) is 7.38. The van der Waals surface area contributed by atoms with E-state index in [1.807, 2.05) is 4.90 Å². The summed E-state index contributed by atoms with van der Waals surface area (Å²) in [5.41, 5.74) is 1.42. The summed E-state index contributed by atoms with van der Waals surface area (Å²) in [5.74, 6) is -1.05. The zero-order valence-electron chi connectivity index (χ0n) is 21.4. The number of aliphatic hydroxyl groups excluding tert-OH is 1. The van der Waals surface area contributed by atoms with E-state index >= 15 is 0 Å². The van der Waals surface area contributed by atoms with Crippen LogP contribution in [0, 0.1) is 5.41 Å². The van der Waals surface area contributed by atoms with Gasteiger partial charge in [0.2, 0.25) is 10.0 Å². The summed E-state index contributed by atoms with van der Waals surface area (Å²) >= 11 is 0. The molecule has 1 saturated carbocycles. The number of hydrogen-bond donors (Lipinski definition) is 3. The number of aromatic nitrogens is 1. The zero-order valence-corrected chi connectivity index (χ0v) is 22.2. The van der Waals surface area contributed by atoms with Crippen molar-refractivity contribution in [1.29, 1.82) is 0 Å². The molecule has 2 aromatic rings. The average Bonchev–Trinajstić information content (AvgIpc) is 3.62. The third-order valence-electron chi connectivity index (χ3n) is 6.91. The first-order valence-corrected chi connectivity index (χ1v) is 14.1. The predicted octanol–water partition coefficient (Wildman–Crippen LogP) is 3.79. The minimum atomic E-state index is -4.40. The van der Waals surface area contributed by atoms with Gasteiger partial charge in [0.1, 0.15) is 5.82 Å². The average molecular weight is 573 g/mol. The van der Waals surface area contributed by atoms with Gasteiger partial charge in [0.15, 0.2) is 5.75 Å². The molecule has 1 amide bonds. The van der Waals surface area contributed by atoms with E-state index in [1.54, 1.807) is 6.07 Å². The largest absolute Gasteiger partial charge is 0.491 e. The number of ether oxygens (including phenoxy) is 2. The summed E-state index contributed by atoms with van der Waals surface area (Å²) in [7, 11) is -2.46. The highest BCUT2D eigenvalue weighted by Gasteiger charge is 2.44. The monoisotopic (exact) mass is 572 g/mol. The first kappa shape index (κ1) is 28.7. The first-order chi connectivity index (χ1) is 18.4. The van der Waals surface area contributed by atoms with E-state index in [2.05, 4.69) is 15.0 Å². The second-order valence-electron chi connectivity index (χ2n) is 9.74. The Morgan fingerprint density at radius 1 is 1.15 bits per heavy atom. The number of carbonyl (C=O) groups is 1. The molecule has 14 heteroatoms. The number of anilines is 3. The number of hydrogen-bond acceptors (Lipinski definition) is 8. The molecule has 39 heavy (non-hydrogen) atoms. The number of nitrogens with zero attached hydrogens (tertiary/aromatic N) is 2. The Balaban J connectivity index is 1.56. The number of halogens is 3. The highest BCUT2D eigenvalue weighted by Crippen LogP contribution is 2.54. The van der Waals surface area contributed by atoms with Crippen molar-refractivity contribution < 1.29 is 41.0 Å². The fourth-order valence-corrected chi connectivity index (χ4v) is 5.33. The second kappa shape index (κ2) is 11.5. The minimum Gasteiger partial charge on any atom is -0.491 e. The van der Waals surface area contributed by atoms with Gasteiger partial charge >= 0.3 is 6.18 Å². The molecule has 2 fully saturated rings. The van der Waals surface area contributed by atoms with E-state index in [0.717, 1.165) is 12.8 Å². The number of benzene rings is 1. The molecule has 0 atom stereocenters. The fraction of sp³-hybridized carbons (Fsp3) is 0.520. The smallest absolute Gasteiger partial charge is 0.392 e. The van der Waals surface area contributed by atoms with Gasteiger partial charge in [0.05, 0.1) is 49.4 Å². The number of piperidine rings is 1. The van der Waals surface area contributed by atoms with Gasteiger partial charge in [-0.25, -0.2) is 8.42 Å². The van der Waals surface area contributed by atoms with E-state index < -0.39 is 47.5 Å². The Morgan fingerprint density at radius 3 is 2.49 bits per heavy atom. The van der Waals surface area contributed by atoms with Crippen molar-refractivity contribution in [3.8, 4) is 11.6 Å². The molecular weight excluding hydrogens is 541 g/mol. The van der Waals surface area contributed by atoms with Crippen molar-refractivity contribution in [1.82, 2.24) is 4.98 Å². The van der Waals surface area contributed by atoms with Gasteiger partial charge in [-0.05, 0) is 61.4 Å². The quantitative estimate of drug-likeness (QED) is 0.371. The summed E-state index contributed by atoms with van der Waals surface area (Å²) in [6.07, 6.45) is -1.28. The fourth-order valence-electron chi connectivity index (χ4n) is 4.50. The molecule has 0 unspecified atom stereocenters. The van der Waals surface area contributed by atoms with Gasteiger partial charge in [-0.1, -0.05) is 0 Å². The molecule has 1 aromatic heterocycles. The SMILES string of the molecule is COc1ccc(NC(=O)c2ccc(NS(=O)(=O)CCO)cc2N2CCC3(CC2)CC3)nc1OCCC(F)(F)F. The van der Waals surface area contributed by atoms with Gasteiger partial charge in [-0.2, -0.15) is 18.2 Å². The lowest BCUT2D eigenvalue weighted by Gasteiger charge is -2.35. The van der Waals surface area contributed by atoms with Crippen molar-refractivity contribution in [2.75, 3.05) is 54.1 Å². The highest BCUT2D eigenvalue weighted by molar-refractivity contribution is 7.92. The molecule has 0 bridgehead atoms. The van der Waals surface area contributed by atoms with E-state index in [1.165, 1.54) is 44.2 Å². The van der Waals surface area contributed by atoms with Crippen LogP contribution >= 0.6 is 0 Å². The lowest BCUT2D eigenvalue weighted by atomic mass is 9.93. The van der Waals surface area contributed by atoms with Gasteiger partial charge in [0, 0.05) is 13.1 Å². The van der Waals surface area contributed by atoms with Crippen molar-refractivity contribution in [2.24, 2.45) is 5.41 Å². The number of alkyl halides is 3. The van der Waals surface area contributed by atoms with Crippen LogP contribution in [-0.4, -0.2) is 69.8 Å². The van der Waals surface area contributed by atoms with Crippen LogP contribution in [0.15, 0.2) is 30.3 Å². The molecule has 10 nitrogen and oxygen atoms in total. The molecule has 1 aliphatic carbocycles. The predicted molar refractivity (Wildman–Crippen MR) is 139 cm³/mol. The number of rotatable bonds is 11. The van der Waals surface area contributed by atoms with Crippen molar-refractivity contribution in [3.05, 3.63) is 35.9 Å². The lowest BCUT2D eigenvalue weighted by molar-refractivity contribution is -0.139. The van der Waals surface area contributed by atoms with Gasteiger partial charge < -0.3 is 24.8 Å². The Labute approximate surface area is 224 Å². The maximum Gasteiger partial charge on any atom is 0.392 e. The number of carbonyl (C=O) groups excluding carboxylic acids is 1. The Morgan fingerprint density at radius 2 is 1.87 bits per heavy atom. The molecule has 2 aliphatic rings. The van der Waals surface area contributed by atoms with Gasteiger partial charge in [-0.3, -0.25) is 9.52 Å². The normalized spacial score (nSPS) is 16.6. The third kappa shape index (κ3) is 7.66. The van der Waals surface area contributed by atoms with Crippen LogP contribution in [0.1, 0.15) is 42.5 Å². The number of aliphatic hydroxyl groups is 1. The van der Waals surface area contributed by atoms with E-state index in [4.69, 9.17) is 14.6 Å². The molecule has 1 spiro atoms. The third-order valence-corrected chi connectivity index (χ3v) is 8.18. The van der Waals surface area contributed by atoms with Crippen LogP contribution in [0.4, 0.5) is 30.4 Å². The number of amides is 1. The lowest BCUT2D eigenvalue weighted by Crippen LogP contribution is -2.35. The topological polar surface area (TPSA) is 130 Å². The van der Waals surface area contributed by atoms with Crippen LogP contribution in [0.5, 0.6) is 11.6 Å². The van der Waals surface area contributed by atoms with Crippen LogP contribution in [0.3, 0.4) is 0 Å². The zero-order chi connectivity index (χ0) is 28.3. The highest BCUT2D eigenvalue weighted by atomic mass is 32.2. The maximum atomic E-state index is 13.4. The number of methoxy groups -OCH3 is 1. The van der Waals surface area contributed by atoms with Crippen LogP contribution < -0.4 is 24.4 Å². The maximum absolute atomic E-state index is 13.4. The molecule has 3 N–H and O–H groups in total. The molecule has 1 aromatic carbocycles.